The van der Waals surface area contributed by atoms with Crippen LogP contribution < -0.4 is 0 Å². The number of Topliss-reactive ketones (excluding diaryl/α,β-unsaturated/α-hetero) is 1. The molecule has 2 fully saturated rings. The molecule has 0 N–H and O–H groups in total. The summed E-state index contributed by atoms with van der Waals surface area (Å²) >= 11 is 0. The van der Waals surface area contributed by atoms with Crippen molar-refractivity contribution in [1.29, 1.82) is 0 Å². The lowest BCUT2D eigenvalue weighted by molar-refractivity contribution is 0.0483. The fraction of sp³-hybridized carbons (Fsp3) is 0.667. The number of furan rings is 1. The standard InChI is InChI=1S/C18H23NO4/c1-5-22-16(21)14-10(2)13-11(23-14)8-17(6-7-17)18(15(13)20)9-12(18)19(3)4/h12H,5-9H2,1-4H3. The number of hydrogen-bond donors (Lipinski definition) is 0. The van der Waals surface area contributed by atoms with Crippen molar-refractivity contribution in [2.45, 2.75) is 45.6 Å². The maximum atomic E-state index is 13.3. The molecule has 0 aliphatic heterocycles. The van der Waals surface area contributed by atoms with E-state index in [9.17, 15) is 9.59 Å². The SMILES string of the molecule is CCOC(=O)c1oc2c(c1C)C(=O)C1(CC1N(C)C)C1(CC1)C2. The van der Waals surface area contributed by atoms with Gasteiger partial charge in [0.15, 0.2) is 5.78 Å². The van der Waals surface area contributed by atoms with Crippen LogP contribution in [0.1, 0.15) is 58.4 Å². The van der Waals surface area contributed by atoms with Crippen LogP contribution in [0.15, 0.2) is 4.42 Å². The second-order valence-electron chi connectivity index (χ2n) is 7.52. The van der Waals surface area contributed by atoms with Gasteiger partial charge in [0.1, 0.15) is 5.76 Å². The molecule has 2 atom stereocenters. The number of ether oxygens (including phenoxy) is 1. The van der Waals surface area contributed by atoms with Gasteiger partial charge in [-0.2, -0.15) is 0 Å². The van der Waals surface area contributed by atoms with E-state index in [1.807, 2.05) is 14.1 Å². The van der Waals surface area contributed by atoms with Crippen LogP contribution in [-0.4, -0.2) is 43.4 Å². The first kappa shape index (κ1) is 14.9. The highest BCUT2D eigenvalue weighted by atomic mass is 16.5. The predicted molar refractivity (Wildman–Crippen MR) is 83.6 cm³/mol. The molecule has 2 spiro atoms. The first-order valence-electron chi connectivity index (χ1n) is 8.38. The maximum absolute atomic E-state index is 13.3. The zero-order valence-electron chi connectivity index (χ0n) is 14.2. The van der Waals surface area contributed by atoms with E-state index in [0.717, 1.165) is 25.7 Å². The second kappa shape index (κ2) is 4.47. The molecule has 1 aromatic rings. The van der Waals surface area contributed by atoms with Gasteiger partial charge in [0.25, 0.3) is 0 Å². The van der Waals surface area contributed by atoms with Crippen LogP contribution in [0.5, 0.6) is 0 Å². The van der Waals surface area contributed by atoms with E-state index in [1.54, 1.807) is 13.8 Å². The van der Waals surface area contributed by atoms with Crippen LogP contribution in [0, 0.1) is 17.8 Å². The summed E-state index contributed by atoms with van der Waals surface area (Å²) in [5.41, 5.74) is 1.10. The van der Waals surface area contributed by atoms with Gasteiger partial charge in [-0.05, 0) is 52.6 Å². The Balaban J connectivity index is 1.79. The number of fused-ring (bicyclic) bond motifs is 2. The molecule has 4 rings (SSSR count). The van der Waals surface area contributed by atoms with Crippen LogP contribution in [-0.2, 0) is 11.2 Å². The monoisotopic (exact) mass is 317 g/mol. The van der Waals surface area contributed by atoms with Crippen LogP contribution >= 0.6 is 0 Å². The molecule has 3 aliphatic rings. The van der Waals surface area contributed by atoms with E-state index < -0.39 is 5.97 Å². The summed E-state index contributed by atoms with van der Waals surface area (Å²) in [4.78, 5) is 27.6. The highest BCUT2D eigenvalue weighted by molar-refractivity contribution is 6.09. The molecule has 23 heavy (non-hydrogen) atoms. The quantitative estimate of drug-likeness (QED) is 0.802. The third-order valence-electron chi connectivity index (χ3n) is 6.16. The summed E-state index contributed by atoms with van der Waals surface area (Å²) in [6.07, 6.45) is 3.87. The van der Waals surface area contributed by atoms with Crippen LogP contribution in [0.25, 0.3) is 0 Å². The number of nitrogens with zero attached hydrogens (tertiary/aromatic N) is 1. The van der Waals surface area contributed by atoms with Crippen molar-refractivity contribution < 1.29 is 18.7 Å². The number of ketones is 1. The Morgan fingerprint density at radius 1 is 1.39 bits per heavy atom. The molecule has 5 heteroatoms. The number of carbonyl (C=O) groups is 2. The highest BCUT2D eigenvalue weighted by Gasteiger charge is 2.77. The Labute approximate surface area is 136 Å². The van der Waals surface area contributed by atoms with Gasteiger partial charge >= 0.3 is 5.97 Å². The normalized spacial score (nSPS) is 30.0. The van der Waals surface area contributed by atoms with Gasteiger partial charge < -0.3 is 14.1 Å². The van der Waals surface area contributed by atoms with Crippen molar-refractivity contribution in [3.8, 4) is 0 Å². The van der Waals surface area contributed by atoms with Crippen LogP contribution in [0.2, 0.25) is 0 Å². The molecular formula is C18H23NO4. The van der Waals surface area contributed by atoms with Crippen molar-refractivity contribution in [1.82, 2.24) is 4.90 Å². The molecule has 2 unspecified atom stereocenters. The minimum absolute atomic E-state index is 0.0578. The summed E-state index contributed by atoms with van der Waals surface area (Å²) < 4.78 is 10.9. The Morgan fingerprint density at radius 2 is 2.09 bits per heavy atom. The second-order valence-corrected chi connectivity index (χ2v) is 7.52. The summed E-state index contributed by atoms with van der Waals surface area (Å²) in [5.74, 6) is 0.626. The van der Waals surface area contributed by atoms with E-state index in [0.29, 0.717) is 29.5 Å². The van der Waals surface area contributed by atoms with E-state index in [2.05, 4.69) is 4.90 Å². The van der Waals surface area contributed by atoms with Gasteiger partial charge in [-0.15, -0.1) is 0 Å². The molecule has 0 saturated heterocycles. The van der Waals surface area contributed by atoms with E-state index in [4.69, 9.17) is 9.15 Å². The van der Waals surface area contributed by atoms with Gasteiger partial charge in [0.05, 0.1) is 17.6 Å². The molecule has 2 saturated carbocycles. The van der Waals surface area contributed by atoms with Gasteiger partial charge in [0, 0.05) is 18.0 Å². The fourth-order valence-electron chi connectivity index (χ4n) is 4.77. The summed E-state index contributed by atoms with van der Waals surface area (Å²) in [7, 11) is 4.09. The minimum atomic E-state index is -0.467. The molecule has 1 heterocycles. The lowest BCUT2D eigenvalue weighted by Crippen LogP contribution is -2.40. The topological polar surface area (TPSA) is 59.8 Å². The first-order chi connectivity index (χ1) is 10.9. The van der Waals surface area contributed by atoms with E-state index in [1.165, 1.54) is 0 Å². The smallest absolute Gasteiger partial charge is 0.374 e. The van der Waals surface area contributed by atoms with Gasteiger partial charge in [-0.1, -0.05) is 0 Å². The first-order valence-corrected chi connectivity index (χ1v) is 8.38. The molecule has 0 aromatic carbocycles. The van der Waals surface area contributed by atoms with E-state index >= 15 is 0 Å². The van der Waals surface area contributed by atoms with Gasteiger partial charge in [0.2, 0.25) is 5.76 Å². The van der Waals surface area contributed by atoms with Gasteiger partial charge in [-0.25, -0.2) is 4.79 Å². The number of rotatable bonds is 3. The number of hydrogen-bond acceptors (Lipinski definition) is 5. The summed E-state index contributed by atoms with van der Waals surface area (Å²) in [6.45, 7) is 3.87. The molecular weight excluding hydrogens is 294 g/mol. The Bertz CT molecular complexity index is 713. The van der Waals surface area contributed by atoms with Crippen molar-refractivity contribution >= 4 is 11.8 Å². The average molecular weight is 317 g/mol. The maximum Gasteiger partial charge on any atom is 0.374 e. The molecule has 124 valence electrons. The van der Waals surface area contributed by atoms with Crippen molar-refractivity contribution in [2.24, 2.45) is 10.8 Å². The largest absolute Gasteiger partial charge is 0.460 e. The fourth-order valence-corrected chi connectivity index (χ4v) is 4.77. The van der Waals surface area contributed by atoms with Gasteiger partial charge in [-0.3, -0.25) is 4.79 Å². The minimum Gasteiger partial charge on any atom is -0.460 e. The summed E-state index contributed by atoms with van der Waals surface area (Å²) in [6, 6.07) is 0.311. The molecule has 0 amide bonds. The van der Waals surface area contributed by atoms with E-state index in [-0.39, 0.29) is 22.4 Å². The highest BCUT2D eigenvalue weighted by Crippen LogP contribution is 2.75. The predicted octanol–water partition coefficient (Wildman–Crippen LogP) is 2.60. The summed E-state index contributed by atoms with van der Waals surface area (Å²) in [5, 5.41) is 0. The number of esters is 1. The molecule has 5 nitrogen and oxygen atoms in total. The molecule has 3 aliphatic carbocycles. The van der Waals surface area contributed by atoms with Crippen LogP contribution in [0.4, 0.5) is 0 Å². The zero-order valence-corrected chi connectivity index (χ0v) is 14.2. The zero-order chi connectivity index (χ0) is 16.6. The lowest BCUT2D eigenvalue weighted by atomic mass is 9.70. The third-order valence-corrected chi connectivity index (χ3v) is 6.16. The Kier molecular flexibility index (Phi) is 2.90. The van der Waals surface area contributed by atoms with Crippen molar-refractivity contribution in [3.63, 3.8) is 0 Å². The molecule has 0 radical (unpaired) electrons. The number of carbonyl (C=O) groups excluding carboxylic acids is 2. The molecule has 1 aromatic heterocycles. The van der Waals surface area contributed by atoms with Crippen molar-refractivity contribution in [3.05, 3.63) is 22.6 Å². The third kappa shape index (κ3) is 1.71. The lowest BCUT2D eigenvalue weighted by Gasteiger charge is -2.32. The van der Waals surface area contributed by atoms with Crippen LogP contribution in [0.3, 0.4) is 0 Å². The van der Waals surface area contributed by atoms with Crippen molar-refractivity contribution in [2.75, 3.05) is 20.7 Å². The molecule has 0 bridgehead atoms. The Hall–Kier alpha value is -1.62. The Morgan fingerprint density at radius 3 is 2.61 bits per heavy atom. The average Bonchev–Trinajstić information content (AvgIpc) is 3.36.